The summed E-state index contributed by atoms with van der Waals surface area (Å²) in [6.07, 6.45) is -3.45. The number of esters is 1. The maximum absolute atomic E-state index is 13.7. The molecule has 0 spiro atoms. The molecule has 286 valence electrons. The van der Waals surface area contributed by atoms with Crippen molar-refractivity contribution in [2.75, 3.05) is 40.8 Å². The number of aliphatic hydroxyl groups is 2. The molecule has 4 heterocycles. The van der Waals surface area contributed by atoms with Gasteiger partial charge in [0.15, 0.2) is 35.6 Å². The number of hydrogen-bond donors (Lipinski definition) is 2. The molecule has 16 heteroatoms. The number of methoxy groups -OCH3 is 2. The lowest BCUT2D eigenvalue weighted by atomic mass is 9.66. The number of rotatable bonds is 10. The highest BCUT2D eigenvalue weighted by molar-refractivity contribution is 5.79. The number of nitro benzene ring substituents is 1. The number of nitro groups is 1. The maximum atomic E-state index is 13.7. The Kier molecular flexibility index (Phi) is 9.80. The summed E-state index contributed by atoms with van der Waals surface area (Å²) in [5, 5.41) is 33.2. The number of carbonyl (C=O) groups excluding carboxylic acids is 1. The Balaban J connectivity index is 1.12. The van der Waals surface area contributed by atoms with Crippen LogP contribution in [0.25, 0.3) is 6.08 Å². The Morgan fingerprint density at radius 2 is 1.63 bits per heavy atom. The van der Waals surface area contributed by atoms with Crippen LogP contribution in [0.2, 0.25) is 0 Å². The van der Waals surface area contributed by atoms with Gasteiger partial charge in [0.2, 0.25) is 12.5 Å². The van der Waals surface area contributed by atoms with Crippen molar-refractivity contribution < 1.29 is 67.3 Å². The van der Waals surface area contributed by atoms with Gasteiger partial charge in [-0.3, -0.25) is 14.9 Å². The van der Waals surface area contributed by atoms with E-state index in [9.17, 15) is 25.1 Å². The fourth-order valence-electron chi connectivity index (χ4n) is 7.89. The van der Waals surface area contributed by atoms with Gasteiger partial charge in [0.1, 0.15) is 31.0 Å². The minimum absolute atomic E-state index is 0.000884. The van der Waals surface area contributed by atoms with Gasteiger partial charge in [-0.25, -0.2) is 0 Å². The zero-order valence-electron chi connectivity index (χ0n) is 29.5. The molecule has 3 aromatic rings. The van der Waals surface area contributed by atoms with E-state index >= 15 is 0 Å². The number of non-ortho nitro benzene ring substituents is 1. The molecule has 10 atom stereocenters. The number of carbonyl (C=O) groups is 1. The zero-order chi connectivity index (χ0) is 37.7. The Hall–Kier alpha value is -4.97. The fourth-order valence-corrected chi connectivity index (χ4v) is 7.89. The summed E-state index contributed by atoms with van der Waals surface area (Å²) in [5.74, 6) is -0.331. The molecule has 3 fully saturated rings. The van der Waals surface area contributed by atoms with E-state index in [1.165, 1.54) is 26.4 Å². The largest absolute Gasteiger partial charge is 0.493 e. The highest BCUT2D eigenvalue weighted by Crippen LogP contribution is 2.57. The van der Waals surface area contributed by atoms with Crippen LogP contribution < -0.4 is 23.7 Å². The topological polar surface area (TPSA) is 193 Å². The Morgan fingerprint density at radius 3 is 2.31 bits per heavy atom. The van der Waals surface area contributed by atoms with Gasteiger partial charge in [-0.15, -0.1) is 0 Å². The van der Waals surface area contributed by atoms with Gasteiger partial charge < -0.3 is 57.6 Å². The minimum atomic E-state index is -1.46. The third-order valence-corrected chi connectivity index (χ3v) is 10.5. The second kappa shape index (κ2) is 14.7. The van der Waals surface area contributed by atoms with Crippen LogP contribution in [0.1, 0.15) is 41.2 Å². The lowest BCUT2D eigenvalue weighted by molar-refractivity contribution is -0.384. The number of aliphatic hydroxyl groups excluding tert-OH is 2. The number of fused-ring (bicyclic) bond motifs is 4. The van der Waals surface area contributed by atoms with Gasteiger partial charge in [0.05, 0.1) is 44.4 Å². The predicted octanol–water partition coefficient (Wildman–Crippen LogP) is 3.63. The normalized spacial score (nSPS) is 30.9. The third-order valence-electron chi connectivity index (χ3n) is 10.5. The van der Waals surface area contributed by atoms with Crippen LogP contribution in [-0.2, 0) is 28.5 Å². The van der Waals surface area contributed by atoms with E-state index < -0.39 is 71.7 Å². The molecule has 0 aromatic heterocycles. The van der Waals surface area contributed by atoms with Crippen molar-refractivity contribution in [1.29, 1.82) is 0 Å². The second-order valence-corrected chi connectivity index (χ2v) is 13.5. The molecule has 2 N–H and O–H groups in total. The molecule has 0 saturated carbocycles. The van der Waals surface area contributed by atoms with E-state index in [4.69, 9.17) is 47.4 Å². The van der Waals surface area contributed by atoms with E-state index in [1.807, 2.05) is 6.07 Å². The van der Waals surface area contributed by atoms with Crippen molar-refractivity contribution in [1.82, 2.24) is 0 Å². The molecule has 3 saturated heterocycles. The van der Waals surface area contributed by atoms with Crippen molar-refractivity contribution in [3.8, 4) is 28.7 Å². The van der Waals surface area contributed by atoms with E-state index in [0.717, 1.165) is 5.56 Å². The molecule has 3 aromatic carbocycles. The summed E-state index contributed by atoms with van der Waals surface area (Å²) in [4.78, 5) is 24.2. The zero-order valence-corrected chi connectivity index (χ0v) is 29.5. The molecular weight excluding hydrogens is 710 g/mol. The summed E-state index contributed by atoms with van der Waals surface area (Å²) >= 11 is 0. The van der Waals surface area contributed by atoms with Gasteiger partial charge in [-0.05, 0) is 71.7 Å². The van der Waals surface area contributed by atoms with Crippen molar-refractivity contribution in [2.45, 2.75) is 55.9 Å². The van der Waals surface area contributed by atoms with Crippen LogP contribution in [-0.4, -0.2) is 98.9 Å². The summed E-state index contributed by atoms with van der Waals surface area (Å²) in [7, 11) is 3.00. The molecular formula is C38H39NO15. The lowest BCUT2D eigenvalue weighted by Gasteiger charge is -2.47. The van der Waals surface area contributed by atoms with Crippen molar-refractivity contribution in [2.24, 2.45) is 11.8 Å². The molecule has 5 aliphatic rings. The molecule has 0 bridgehead atoms. The van der Waals surface area contributed by atoms with Crippen LogP contribution in [0.3, 0.4) is 0 Å². The fraction of sp³-hybridized carbons (Fsp3) is 0.447. The lowest BCUT2D eigenvalue weighted by Crippen LogP contribution is -2.63. The standard InChI is InChI=1S/C38H39NO15/c1-18-48-16-29-36(52-18)32(40)33(41)38(53-29)54-34-23-14-26-25(50-17-51-26)13-22(23)30(31-24(34)15-49-37(31)42)20-11-27(45-2)35(28(12-20)46-3)47-10-4-5-19-6-8-21(9-7-19)39(43)44/h4-9,11-14,18,24,29-34,36,38,40-41H,10,15-17H2,1-3H3/b5-4+/t18-,24+,29-,30-,31+,32-,33-,34-,36-,38+/m1/s1. The van der Waals surface area contributed by atoms with Gasteiger partial charge >= 0.3 is 5.97 Å². The van der Waals surface area contributed by atoms with Gasteiger partial charge in [-0.1, -0.05) is 6.08 Å². The van der Waals surface area contributed by atoms with E-state index in [2.05, 4.69) is 0 Å². The number of benzene rings is 3. The third kappa shape index (κ3) is 6.48. The highest BCUT2D eigenvalue weighted by Gasteiger charge is 2.56. The maximum Gasteiger partial charge on any atom is 0.310 e. The SMILES string of the molecule is COc1cc([C@@H]2c3cc4c(cc3[C@@H](O[C@@H]3O[C@@H]5CO[C@@H](C)O[C@H]5[C@H](O)[C@H]3O)[C@H]3COC(=O)[C@H]23)OCO4)cc(OC)c1OC/C=C/c1ccc([N+](=O)[O-])cc1. The van der Waals surface area contributed by atoms with Crippen LogP contribution in [0.5, 0.6) is 28.7 Å². The number of cyclic esters (lactones) is 1. The highest BCUT2D eigenvalue weighted by atomic mass is 16.8. The van der Waals surface area contributed by atoms with Crippen LogP contribution in [0.4, 0.5) is 5.69 Å². The molecule has 54 heavy (non-hydrogen) atoms. The summed E-state index contributed by atoms with van der Waals surface area (Å²) in [5.41, 5.74) is 2.78. The average molecular weight is 750 g/mol. The molecule has 1 aliphatic carbocycles. The summed E-state index contributed by atoms with van der Waals surface area (Å²) < 4.78 is 58.9. The van der Waals surface area contributed by atoms with E-state index in [-0.39, 0.29) is 32.3 Å². The molecule has 0 amide bonds. The molecule has 0 unspecified atom stereocenters. The predicted molar refractivity (Wildman–Crippen MR) is 184 cm³/mol. The van der Waals surface area contributed by atoms with Gasteiger partial charge in [-0.2, -0.15) is 0 Å². The molecule has 0 radical (unpaired) electrons. The Morgan fingerprint density at radius 1 is 0.926 bits per heavy atom. The van der Waals surface area contributed by atoms with Crippen LogP contribution in [0.15, 0.2) is 54.6 Å². The summed E-state index contributed by atoms with van der Waals surface area (Å²) in [6.45, 7) is 1.98. The minimum Gasteiger partial charge on any atom is -0.493 e. The van der Waals surface area contributed by atoms with Gasteiger partial charge in [0, 0.05) is 24.0 Å². The van der Waals surface area contributed by atoms with Crippen molar-refractivity contribution >= 4 is 17.7 Å². The Labute approximate surface area is 309 Å². The van der Waals surface area contributed by atoms with Crippen LogP contribution in [0, 0.1) is 22.0 Å². The molecule has 4 aliphatic heterocycles. The second-order valence-electron chi connectivity index (χ2n) is 13.5. The van der Waals surface area contributed by atoms with Crippen LogP contribution >= 0.6 is 0 Å². The van der Waals surface area contributed by atoms with Gasteiger partial charge in [0.25, 0.3) is 5.69 Å². The monoisotopic (exact) mass is 749 g/mol. The van der Waals surface area contributed by atoms with E-state index in [1.54, 1.807) is 49.4 Å². The first kappa shape index (κ1) is 36.0. The first-order valence-corrected chi connectivity index (χ1v) is 17.5. The first-order valence-electron chi connectivity index (χ1n) is 17.5. The van der Waals surface area contributed by atoms with Crippen molar-refractivity contribution in [3.05, 3.63) is 87.0 Å². The average Bonchev–Trinajstić information content (AvgIpc) is 3.80. The smallest absolute Gasteiger partial charge is 0.310 e. The molecule has 8 rings (SSSR count). The van der Waals surface area contributed by atoms with Crippen molar-refractivity contribution in [3.63, 3.8) is 0 Å². The summed E-state index contributed by atoms with van der Waals surface area (Å²) in [6, 6.07) is 13.3. The van der Waals surface area contributed by atoms with E-state index in [0.29, 0.717) is 45.4 Å². The molecule has 16 nitrogen and oxygen atoms in total. The quantitative estimate of drug-likeness (QED) is 0.173. The number of ether oxygens (including phenoxy) is 10. The number of hydrogen-bond acceptors (Lipinski definition) is 15. The Bertz CT molecular complexity index is 1910. The number of nitrogens with zero attached hydrogens (tertiary/aromatic N) is 1. The first-order chi connectivity index (χ1) is 26.1.